The number of anilines is 1. The van der Waals surface area contributed by atoms with Gasteiger partial charge in [0.1, 0.15) is 0 Å². The van der Waals surface area contributed by atoms with Crippen LogP contribution in [0.15, 0.2) is 72.8 Å². The number of nitrogens with one attached hydrogen (secondary N) is 1. The van der Waals surface area contributed by atoms with Gasteiger partial charge in [0, 0.05) is 10.7 Å². The fourth-order valence-corrected chi connectivity index (χ4v) is 3.92. The molecule has 4 heteroatoms. The molecule has 138 valence electrons. The largest absolute Gasteiger partial charge is 0.325 e. The van der Waals surface area contributed by atoms with Crippen molar-refractivity contribution in [2.75, 3.05) is 5.32 Å². The molecule has 0 aliphatic carbocycles. The van der Waals surface area contributed by atoms with Crippen LogP contribution >= 0.6 is 11.6 Å². The topological polar surface area (TPSA) is 29.9 Å². The Morgan fingerprint density at radius 3 is 2.50 bits per heavy atom. The first-order chi connectivity index (χ1) is 13.6. The van der Waals surface area contributed by atoms with E-state index >= 15 is 0 Å². The lowest BCUT2D eigenvalue weighted by Gasteiger charge is -2.27. The highest BCUT2D eigenvalue weighted by Gasteiger charge is 2.25. The Morgan fingerprint density at radius 1 is 0.929 bits per heavy atom. The summed E-state index contributed by atoms with van der Waals surface area (Å²) in [6.45, 7) is 4.28. The van der Waals surface area contributed by atoms with E-state index in [1.165, 1.54) is 22.3 Å². The molecule has 1 N–H and O–H groups in total. The summed E-state index contributed by atoms with van der Waals surface area (Å²) in [5.41, 5.74) is 8.09. The zero-order valence-corrected chi connectivity index (χ0v) is 16.5. The molecule has 3 aromatic carbocycles. The molecule has 0 spiro atoms. The van der Waals surface area contributed by atoms with E-state index in [-0.39, 0.29) is 6.04 Å². The summed E-state index contributed by atoms with van der Waals surface area (Å²) < 4.78 is 2.25. The normalized spacial score (nSPS) is 15.8. The van der Waals surface area contributed by atoms with E-state index in [0.29, 0.717) is 0 Å². The first-order valence-electron chi connectivity index (χ1n) is 9.39. The molecule has 5 rings (SSSR count). The van der Waals surface area contributed by atoms with Crippen LogP contribution in [0.25, 0.3) is 16.7 Å². The van der Waals surface area contributed by atoms with E-state index in [1.807, 2.05) is 18.2 Å². The number of nitrogens with zero attached hydrogens (tertiary/aromatic N) is 2. The van der Waals surface area contributed by atoms with E-state index in [4.69, 9.17) is 16.6 Å². The lowest BCUT2D eigenvalue weighted by atomic mass is 9.99. The number of para-hydroxylation sites is 2. The van der Waals surface area contributed by atoms with Crippen molar-refractivity contribution < 1.29 is 0 Å². The number of aryl methyl sites for hydroxylation is 2. The number of aromatic nitrogens is 2. The van der Waals surface area contributed by atoms with Crippen LogP contribution in [-0.2, 0) is 0 Å². The van der Waals surface area contributed by atoms with Gasteiger partial charge < -0.3 is 5.32 Å². The van der Waals surface area contributed by atoms with Crippen molar-refractivity contribution in [2.24, 2.45) is 0 Å². The van der Waals surface area contributed by atoms with Gasteiger partial charge in [0.05, 0.1) is 17.1 Å². The third-order valence-electron chi connectivity index (χ3n) is 5.47. The molecule has 4 aromatic rings. The zero-order valence-electron chi connectivity index (χ0n) is 15.8. The van der Waals surface area contributed by atoms with Crippen LogP contribution in [0.1, 0.15) is 28.3 Å². The molecule has 28 heavy (non-hydrogen) atoms. The average molecular weight is 386 g/mol. The zero-order chi connectivity index (χ0) is 19.3. The predicted octanol–water partition coefficient (Wildman–Crippen LogP) is 6.36. The summed E-state index contributed by atoms with van der Waals surface area (Å²) in [6, 6.07) is 22.9. The molecule has 0 unspecified atom stereocenters. The van der Waals surface area contributed by atoms with Gasteiger partial charge in [0.2, 0.25) is 5.95 Å². The Hall–Kier alpha value is -3.04. The van der Waals surface area contributed by atoms with Gasteiger partial charge in [-0.1, -0.05) is 48.0 Å². The minimum absolute atomic E-state index is 0.0394. The highest BCUT2D eigenvalue weighted by atomic mass is 35.5. The minimum atomic E-state index is 0.0394. The summed E-state index contributed by atoms with van der Waals surface area (Å²) in [5, 5.41) is 4.29. The Bertz CT molecular complexity index is 1220. The van der Waals surface area contributed by atoms with Gasteiger partial charge in [-0.2, -0.15) is 0 Å². The number of hydrogen-bond acceptors (Lipinski definition) is 2. The average Bonchev–Trinajstić information content (AvgIpc) is 3.08. The molecule has 1 aliphatic rings. The molecular weight excluding hydrogens is 366 g/mol. The maximum Gasteiger partial charge on any atom is 0.209 e. The first-order valence-corrected chi connectivity index (χ1v) is 9.77. The van der Waals surface area contributed by atoms with Crippen LogP contribution in [0.4, 0.5) is 5.95 Å². The smallest absolute Gasteiger partial charge is 0.209 e. The molecule has 0 saturated carbocycles. The number of allylic oxidation sites excluding steroid dienone is 1. The van der Waals surface area contributed by atoms with Gasteiger partial charge in [-0.05, 0) is 72.5 Å². The Balaban J connectivity index is 1.71. The second kappa shape index (κ2) is 6.54. The van der Waals surface area contributed by atoms with Crippen molar-refractivity contribution in [2.45, 2.75) is 19.9 Å². The van der Waals surface area contributed by atoms with E-state index < -0.39 is 0 Å². The van der Waals surface area contributed by atoms with Crippen LogP contribution in [0, 0.1) is 13.8 Å². The first kappa shape index (κ1) is 17.1. The molecule has 0 fully saturated rings. The molecule has 1 atom stereocenters. The fraction of sp³-hybridized carbons (Fsp3) is 0.125. The van der Waals surface area contributed by atoms with Gasteiger partial charge in [-0.15, -0.1) is 0 Å². The summed E-state index contributed by atoms with van der Waals surface area (Å²) in [6.07, 6.45) is 2.27. The second-order valence-corrected chi connectivity index (χ2v) is 7.73. The van der Waals surface area contributed by atoms with Crippen molar-refractivity contribution in [3.05, 3.63) is 100 Å². The van der Waals surface area contributed by atoms with Gasteiger partial charge in [0.25, 0.3) is 0 Å². The van der Waals surface area contributed by atoms with E-state index in [9.17, 15) is 0 Å². The Morgan fingerprint density at radius 2 is 1.71 bits per heavy atom. The van der Waals surface area contributed by atoms with Gasteiger partial charge >= 0.3 is 0 Å². The SMILES string of the molecule is Cc1ccc(C2=C[C@@H](c3ccc(Cl)cc3)n3c(nc4ccccc43)N2)cc1C. The number of rotatable bonds is 2. The highest BCUT2D eigenvalue weighted by molar-refractivity contribution is 6.30. The standard InChI is InChI=1S/C24H20ClN3/c1-15-7-8-18(13-16(15)2)21-14-23(17-9-11-19(25)12-10-17)28-22-6-4-3-5-20(22)26-24(28)27-21/h3-14,23H,1-2H3,(H,26,27)/t23-/m0/s1. The number of hydrogen-bond donors (Lipinski definition) is 1. The minimum Gasteiger partial charge on any atom is -0.325 e. The van der Waals surface area contributed by atoms with Crippen molar-refractivity contribution in [1.29, 1.82) is 0 Å². The molecule has 0 bridgehead atoms. The van der Waals surface area contributed by atoms with Crippen LogP contribution in [-0.4, -0.2) is 9.55 Å². The number of benzene rings is 3. The Kier molecular flexibility index (Phi) is 3.99. The molecule has 0 saturated heterocycles. The number of halogens is 1. The number of imidazole rings is 1. The van der Waals surface area contributed by atoms with Crippen LogP contribution in [0.3, 0.4) is 0 Å². The van der Waals surface area contributed by atoms with Crippen molar-refractivity contribution in [3.63, 3.8) is 0 Å². The third kappa shape index (κ3) is 2.79. The molecule has 1 aromatic heterocycles. The number of fused-ring (bicyclic) bond motifs is 3. The van der Waals surface area contributed by atoms with Crippen molar-refractivity contribution >= 4 is 34.3 Å². The van der Waals surface area contributed by atoms with Crippen molar-refractivity contribution in [3.8, 4) is 0 Å². The monoisotopic (exact) mass is 385 g/mol. The van der Waals surface area contributed by atoms with Crippen LogP contribution < -0.4 is 5.32 Å². The van der Waals surface area contributed by atoms with Gasteiger partial charge in [-0.3, -0.25) is 4.57 Å². The van der Waals surface area contributed by atoms with Gasteiger partial charge in [0.15, 0.2) is 0 Å². The molecule has 2 heterocycles. The fourth-order valence-electron chi connectivity index (χ4n) is 3.79. The molecule has 0 radical (unpaired) electrons. The molecule has 3 nitrogen and oxygen atoms in total. The maximum atomic E-state index is 6.13. The second-order valence-electron chi connectivity index (χ2n) is 7.29. The quantitative estimate of drug-likeness (QED) is 0.435. The summed E-state index contributed by atoms with van der Waals surface area (Å²) in [7, 11) is 0. The van der Waals surface area contributed by atoms with E-state index in [0.717, 1.165) is 27.7 Å². The molecular formula is C24H20ClN3. The van der Waals surface area contributed by atoms with E-state index in [1.54, 1.807) is 0 Å². The van der Waals surface area contributed by atoms with E-state index in [2.05, 4.69) is 78.3 Å². The van der Waals surface area contributed by atoms with Crippen molar-refractivity contribution in [1.82, 2.24) is 9.55 Å². The third-order valence-corrected chi connectivity index (χ3v) is 5.73. The lowest BCUT2D eigenvalue weighted by Crippen LogP contribution is -2.19. The molecule has 1 aliphatic heterocycles. The Labute approximate surface area is 169 Å². The maximum absolute atomic E-state index is 6.13. The predicted molar refractivity (Wildman–Crippen MR) is 117 cm³/mol. The lowest BCUT2D eigenvalue weighted by molar-refractivity contribution is 0.720. The van der Waals surface area contributed by atoms with Crippen LogP contribution in [0.5, 0.6) is 0 Å². The molecule has 0 amide bonds. The summed E-state index contributed by atoms with van der Waals surface area (Å²) in [4.78, 5) is 4.85. The summed E-state index contributed by atoms with van der Waals surface area (Å²) >= 11 is 6.13. The highest BCUT2D eigenvalue weighted by Crippen LogP contribution is 2.37. The van der Waals surface area contributed by atoms with Crippen LogP contribution in [0.2, 0.25) is 5.02 Å². The summed E-state index contributed by atoms with van der Waals surface area (Å²) in [5.74, 6) is 0.858. The van der Waals surface area contributed by atoms with Gasteiger partial charge in [-0.25, -0.2) is 4.98 Å².